The molecule has 56 valence electrons. The highest BCUT2D eigenvalue weighted by atomic mass is 16.2. The highest BCUT2D eigenvalue weighted by Gasteiger charge is 2.02. The van der Waals surface area contributed by atoms with Gasteiger partial charge >= 0.3 is 6.03 Å². The fourth-order valence-electron chi connectivity index (χ4n) is 0.332. The van der Waals surface area contributed by atoms with E-state index in [1.54, 1.807) is 0 Å². The third-order valence-corrected chi connectivity index (χ3v) is 0.876. The number of hydrogen-bond acceptors (Lipinski definition) is 2. The SMILES string of the molecule is C=CCNC(=O)N(C)C=O. The van der Waals surface area contributed by atoms with E-state index in [2.05, 4.69) is 11.9 Å². The first-order valence-electron chi connectivity index (χ1n) is 2.79. The summed E-state index contributed by atoms with van der Waals surface area (Å²) in [4.78, 5) is 21.5. The summed E-state index contributed by atoms with van der Waals surface area (Å²) in [7, 11) is 1.38. The normalized spacial score (nSPS) is 8.10. The van der Waals surface area contributed by atoms with E-state index in [0.717, 1.165) is 4.90 Å². The Morgan fingerprint density at radius 2 is 2.40 bits per heavy atom. The van der Waals surface area contributed by atoms with Crippen LogP contribution in [-0.4, -0.2) is 30.9 Å². The van der Waals surface area contributed by atoms with Gasteiger partial charge in [0.25, 0.3) is 0 Å². The Labute approximate surface area is 59.5 Å². The summed E-state index contributed by atoms with van der Waals surface area (Å²) in [5.41, 5.74) is 0. The van der Waals surface area contributed by atoms with E-state index < -0.39 is 6.03 Å². The van der Waals surface area contributed by atoms with Crippen LogP contribution in [0.5, 0.6) is 0 Å². The lowest BCUT2D eigenvalue weighted by atomic mass is 10.6. The van der Waals surface area contributed by atoms with E-state index in [1.165, 1.54) is 13.1 Å². The monoisotopic (exact) mass is 142 g/mol. The van der Waals surface area contributed by atoms with Gasteiger partial charge in [-0.3, -0.25) is 9.69 Å². The highest BCUT2D eigenvalue weighted by molar-refractivity contribution is 5.84. The van der Waals surface area contributed by atoms with E-state index in [1.807, 2.05) is 0 Å². The molecule has 0 aliphatic heterocycles. The molecular formula is C6H10N2O2. The van der Waals surface area contributed by atoms with Crippen molar-refractivity contribution in [3.8, 4) is 0 Å². The zero-order valence-corrected chi connectivity index (χ0v) is 5.83. The maximum absolute atomic E-state index is 10.7. The first-order valence-corrected chi connectivity index (χ1v) is 2.79. The van der Waals surface area contributed by atoms with Crippen LogP contribution >= 0.6 is 0 Å². The van der Waals surface area contributed by atoms with Gasteiger partial charge in [-0.15, -0.1) is 6.58 Å². The summed E-state index contributed by atoms with van der Waals surface area (Å²) in [5, 5.41) is 2.42. The molecular weight excluding hydrogens is 132 g/mol. The second-order valence-electron chi connectivity index (χ2n) is 1.69. The summed E-state index contributed by atoms with van der Waals surface area (Å²) < 4.78 is 0. The predicted octanol–water partition coefficient (Wildman–Crippen LogP) is -0.0298. The average Bonchev–Trinajstić information content (AvgIpc) is 1.98. The summed E-state index contributed by atoms with van der Waals surface area (Å²) >= 11 is 0. The second kappa shape index (κ2) is 4.55. The number of hydrogen-bond donors (Lipinski definition) is 1. The van der Waals surface area contributed by atoms with Gasteiger partial charge in [0.15, 0.2) is 0 Å². The van der Waals surface area contributed by atoms with Crippen LogP contribution in [0.25, 0.3) is 0 Å². The summed E-state index contributed by atoms with van der Waals surface area (Å²) in [6, 6.07) is -0.421. The lowest BCUT2D eigenvalue weighted by molar-refractivity contribution is -0.114. The molecule has 0 unspecified atom stereocenters. The topological polar surface area (TPSA) is 49.4 Å². The molecule has 0 spiro atoms. The minimum Gasteiger partial charge on any atom is -0.334 e. The van der Waals surface area contributed by atoms with Crippen molar-refractivity contribution in [3.05, 3.63) is 12.7 Å². The Morgan fingerprint density at radius 1 is 1.80 bits per heavy atom. The van der Waals surface area contributed by atoms with E-state index in [-0.39, 0.29) is 0 Å². The van der Waals surface area contributed by atoms with Gasteiger partial charge in [0.05, 0.1) is 0 Å². The van der Waals surface area contributed by atoms with Crippen LogP contribution in [0, 0.1) is 0 Å². The maximum atomic E-state index is 10.7. The molecule has 0 radical (unpaired) electrons. The Balaban J connectivity index is 3.61. The lowest BCUT2D eigenvalue weighted by Crippen LogP contribution is -2.36. The zero-order valence-electron chi connectivity index (χ0n) is 5.83. The number of carbonyl (C=O) groups excluding carboxylic acids is 2. The van der Waals surface area contributed by atoms with Gasteiger partial charge in [0.1, 0.15) is 0 Å². The van der Waals surface area contributed by atoms with Crippen molar-refractivity contribution >= 4 is 12.4 Å². The van der Waals surface area contributed by atoms with E-state index in [9.17, 15) is 9.59 Å². The number of imide groups is 1. The molecule has 0 aromatic carbocycles. The molecule has 1 N–H and O–H groups in total. The van der Waals surface area contributed by atoms with Crippen LogP contribution in [0.15, 0.2) is 12.7 Å². The largest absolute Gasteiger partial charge is 0.334 e. The van der Waals surface area contributed by atoms with E-state index in [4.69, 9.17) is 0 Å². The quantitative estimate of drug-likeness (QED) is 0.444. The van der Waals surface area contributed by atoms with Gasteiger partial charge in [0.2, 0.25) is 6.41 Å². The molecule has 0 bridgehead atoms. The minimum atomic E-state index is -0.421. The second-order valence-corrected chi connectivity index (χ2v) is 1.69. The smallest absolute Gasteiger partial charge is 0.323 e. The molecule has 0 saturated heterocycles. The number of rotatable bonds is 3. The molecule has 0 rings (SSSR count). The fraction of sp³-hybridized carbons (Fsp3) is 0.333. The first-order chi connectivity index (χ1) is 4.72. The number of amides is 3. The van der Waals surface area contributed by atoms with Crippen LogP contribution in [0.1, 0.15) is 0 Å². The van der Waals surface area contributed by atoms with Crippen molar-refractivity contribution in [1.29, 1.82) is 0 Å². The molecule has 0 aliphatic carbocycles. The number of nitrogens with zero attached hydrogens (tertiary/aromatic N) is 1. The zero-order chi connectivity index (χ0) is 7.98. The molecule has 0 fully saturated rings. The lowest BCUT2D eigenvalue weighted by Gasteiger charge is -2.07. The molecule has 4 nitrogen and oxygen atoms in total. The summed E-state index contributed by atoms with van der Waals surface area (Å²) in [5.74, 6) is 0. The highest BCUT2D eigenvalue weighted by Crippen LogP contribution is 1.75. The van der Waals surface area contributed by atoms with Gasteiger partial charge in [-0.1, -0.05) is 6.08 Å². The van der Waals surface area contributed by atoms with Crippen LogP contribution in [0.3, 0.4) is 0 Å². The Bertz CT molecular complexity index is 145. The third kappa shape index (κ3) is 2.86. The average molecular weight is 142 g/mol. The van der Waals surface area contributed by atoms with Gasteiger partial charge in [-0.2, -0.15) is 0 Å². The molecule has 10 heavy (non-hydrogen) atoms. The van der Waals surface area contributed by atoms with Gasteiger partial charge < -0.3 is 5.32 Å². The molecule has 0 atom stereocenters. The van der Waals surface area contributed by atoms with E-state index >= 15 is 0 Å². The molecule has 4 heteroatoms. The van der Waals surface area contributed by atoms with Crippen LogP contribution in [-0.2, 0) is 4.79 Å². The Morgan fingerprint density at radius 3 is 2.80 bits per heavy atom. The molecule has 0 aromatic heterocycles. The number of carbonyl (C=O) groups is 2. The van der Waals surface area contributed by atoms with Crippen molar-refractivity contribution < 1.29 is 9.59 Å². The van der Waals surface area contributed by atoms with Crippen molar-refractivity contribution in [2.24, 2.45) is 0 Å². The number of urea groups is 1. The minimum absolute atomic E-state index is 0.372. The molecule has 0 aromatic rings. The van der Waals surface area contributed by atoms with Crippen LogP contribution in [0.2, 0.25) is 0 Å². The standard InChI is InChI=1S/C6H10N2O2/c1-3-4-7-6(10)8(2)5-9/h3,5H,1,4H2,2H3,(H,7,10). The van der Waals surface area contributed by atoms with Crippen LogP contribution in [0.4, 0.5) is 4.79 Å². The van der Waals surface area contributed by atoms with Crippen LogP contribution < -0.4 is 5.32 Å². The fourth-order valence-corrected chi connectivity index (χ4v) is 0.332. The molecule has 3 amide bonds. The van der Waals surface area contributed by atoms with Crippen molar-refractivity contribution in [1.82, 2.24) is 10.2 Å². The molecule has 0 saturated carbocycles. The predicted molar refractivity (Wildman–Crippen MR) is 37.4 cm³/mol. The van der Waals surface area contributed by atoms with Gasteiger partial charge in [0, 0.05) is 13.6 Å². The molecule has 0 aliphatic rings. The summed E-state index contributed by atoms with van der Waals surface area (Å²) in [6.07, 6.45) is 1.98. The summed E-state index contributed by atoms with van der Waals surface area (Å²) in [6.45, 7) is 3.77. The van der Waals surface area contributed by atoms with Crippen molar-refractivity contribution in [2.75, 3.05) is 13.6 Å². The number of nitrogens with one attached hydrogen (secondary N) is 1. The Hall–Kier alpha value is -1.32. The Kier molecular flexibility index (Phi) is 3.95. The van der Waals surface area contributed by atoms with Gasteiger partial charge in [-0.25, -0.2) is 4.79 Å². The maximum Gasteiger partial charge on any atom is 0.323 e. The van der Waals surface area contributed by atoms with Crippen molar-refractivity contribution in [3.63, 3.8) is 0 Å². The van der Waals surface area contributed by atoms with Gasteiger partial charge in [-0.05, 0) is 0 Å². The van der Waals surface area contributed by atoms with Crippen molar-refractivity contribution in [2.45, 2.75) is 0 Å². The first kappa shape index (κ1) is 8.68. The third-order valence-electron chi connectivity index (χ3n) is 0.876. The molecule has 0 heterocycles. The van der Waals surface area contributed by atoms with E-state index in [0.29, 0.717) is 13.0 Å².